The van der Waals surface area contributed by atoms with E-state index >= 15 is 0 Å². The van der Waals surface area contributed by atoms with E-state index in [4.69, 9.17) is 4.74 Å². The van der Waals surface area contributed by atoms with Crippen LogP contribution in [0.2, 0.25) is 0 Å². The van der Waals surface area contributed by atoms with Gasteiger partial charge < -0.3 is 9.84 Å². The molecule has 1 aromatic rings. The van der Waals surface area contributed by atoms with Crippen LogP contribution in [0, 0.1) is 0 Å². The molecule has 1 fully saturated rings. The van der Waals surface area contributed by atoms with Crippen molar-refractivity contribution in [3.63, 3.8) is 0 Å². The molecule has 1 saturated heterocycles. The van der Waals surface area contributed by atoms with Crippen LogP contribution in [0.15, 0.2) is 36.4 Å². The second-order valence-electron chi connectivity index (χ2n) is 4.15. The number of phenols is 1. The Morgan fingerprint density at radius 2 is 2.07 bits per heavy atom. The van der Waals surface area contributed by atoms with Gasteiger partial charge in [-0.2, -0.15) is 0 Å². The van der Waals surface area contributed by atoms with Crippen molar-refractivity contribution in [2.45, 2.75) is 32.0 Å². The van der Waals surface area contributed by atoms with Gasteiger partial charge in [0.2, 0.25) is 0 Å². The number of para-hydroxylation sites is 1. The molecular formula is C13H16O2. The summed E-state index contributed by atoms with van der Waals surface area (Å²) in [6, 6.07) is 7.34. The fourth-order valence-electron chi connectivity index (χ4n) is 2.07. The highest BCUT2D eigenvalue weighted by Gasteiger charge is 2.24. The topological polar surface area (TPSA) is 29.5 Å². The van der Waals surface area contributed by atoms with Crippen molar-refractivity contribution in [2.24, 2.45) is 0 Å². The van der Waals surface area contributed by atoms with E-state index in [1.54, 1.807) is 6.07 Å². The molecule has 1 aliphatic heterocycles. The molecule has 0 aromatic heterocycles. The first kappa shape index (κ1) is 10.2. The number of ether oxygens (including phenoxy) is 1. The van der Waals surface area contributed by atoms with Gasteiger partial charge in [-0.05, 0) is 25.8 Å². The molecule has 2 rings (SSSR count). The molecular weight excluding hydrogens is 188 g/mol. The lowest BCUT2D eigenvalue weighted by atomic mass is 9.95. The van der Waals surface area contributed by atoms with E-state index in [0.717, 1.165) is 18.4 Å². The van der Waals surface area contributed by atoms with Crippen LogP contribution in [0.1, 0.15) is 31.4 Å². The summed E-state index contributed by atoms with van der Waals surface area (Å²) in [5.41, 5.74) is 2.06. The van der Waals surface area contributed by atoms with Crippen LogP contribution >= 0.6 is 0 Å². The van der Waals surface area contributed by atoms with Gasteiger partial charge in [-0.25, -0.2) is 0 Å². The maximum Gasteiger partial charge on any atom is 0.121 e. The highest BCUT2D eigenvalue weighted by molar-refractivity contribution is 5.34. The molecule has 2 nitrogen and oxygen atoms in total. The first-order chi connectivity index (χ1) is 7.16. The molecule has 0 radical (unpaired) electrons. The van der Waals surface area contributed by atoms with E-state index in [2.05, 4.69) is 6.58 Å². The van der Waals surface area contributed by atoms with Crippen molar-refractivity contribution >= 4 is 0 Å². The average Bonchev–Trinajstić information content (AvgIpc) is 2.16. The Kier molecular flexibility index (Phi) is 2.78. The van der Waals surface area contributed by atoms with E-state index < -0.39 is 0 Å². The maximum atomic E-state index is 9.73. The Balaban J connectivity index is 2.23. The van der Waals surface area contributed by atoms with Gasteiger partial charge in [0.05, 0.1) is 12.2 Å². The summed E-state index contributed by atoms with van der Waals surface area (Å²) < 4.78 is 5.80. The van der Waals surface area contributed by atoms with E-state index in [-0.39, 0.29) is 12.2 Å². The predicted molar refractivity (Wildman–Crippen MR) is 59.8 cm³/mol. The molecule has 2 heteroatoms. The Morgan fingerprint density at radius 1 is 1.33 bits per heavy atom. The van der Waals surface area contributed by atoms with E-state index in [0.29, 0.717) is 5.75 Å². The highest BCUT2D eigenvalue weighted by Crippen LogP contribution is 2.37. The zero-order chi connectivity index (χ0) is 10.8. The van der Waals surface area contributed by atoms with E-state index in [1.165, 1.54) is 5.57 Å². The average molecular weight is 204 g/mol. The van der Waals surface area contributed by atoms with Crippen LogP contribution in [0.25, 0.3) is 0 Å². The minimum atomic E-state index is -0.0394. The van der Waals surface area contributed by atoms with Crippen molar-refractivity contribution in [3.8, 4) is 5.75 Å². The number of phenolic OH excluding ortho intramolecular Hbond substituents is 1. The molecule has 0 unspecified atom stereocenters. The summed E-state index contributed by atoms with van der Waals surface area (Å²) in [5.74, 6) is 0.310. The summed E-state index contributed by atoms with van der Waals surface area (Å²) >= 11 is 0. The molecule has 1 aliphatic rings. The molecule has 1 heterocycles. The molecule has 0 aliphatic carbocycles. The van der Waals surface area contributed by atoms with E-state index in [9.17, 15) is 5.11 Å². The van der Waals surface area contributed by atoms with Gasteiger partial charge in [-0.15, -0.1) is 0 Å². The lowest BCUT2D eigenvalue weighted by molar-refractivity contribution is -0.0233. The van der Waals surface area contributed by atoms with Crippen LogP contribution in [0.4, 0.5) is 0 Å². The van der Waals surface area contributed by atoms with Gasteiger partial charge in [-0.1, -0.05) is 30.4 Å². The Hall–Kier alpha value is -1.28. The smallest absolute Gasteiger partial charge is 0.121 e. The third-order valence-corrected chi connectivity index (χ3v) is 2.73. The number of aromatic hydroxyl groups is 1. The van der Waals surface area contributed by atoms with Crippen molar-refractivity contribution in [1.29, 1.82) is 0 Å². The van der Waals surface area contributed by atoms with Crippen molar-refractivity contribution in [3.05, 3.63) is 42.0 Å². The molecule has 0 bridgehead atoms. The monoisotopic (exact) mass is 204 g/mol. The standard InChI is InChI=1S/C13H16O2/c1-9-7-10(2)15-13(8-9)11-5-3-4-6-12(11)14/h3-6,10,13-14H,1,7-8H2,2H3/t10-,13+/m1/s1. The minimum absolute atomic E-state index is 0.0394. The molecule has 2 atom stereocenters. The summed E-state index contributed by atoms with van der Waals surface area (Å²) in [6.07, 6.45) is 1.88. The quantitative estimate of drug-likeness (QED) is 0.712. The number of hydrogen-bond acceptors (Lipinski definition) is 2. The minimum Gasteiger partial charge on any atom is -0.508 e. The fourth-order valence-corrected chi connectivity index (χ4v) is 2.07. The van der Waals surface area contributed by atoms with E-state index in [1.807, 2.05) is 25.1 Å². The molecule has 1 N–H and O–H groups in total. The van der Waals surface area contributed by atoms with Crippen molar-refractivity contribution < 1.29 is 9.84 Å². The highest BCUT2D eigenvalue weighted by atomic mass is 16.5. The number of hydrogen-bond donors (Lipinski definition) is 1. The largest absolute Gasteiger partial charge is 0.508 e. The molecule has 80 valence electrons. The molecule has 0 amide bonds. The second kappa shape index (κ2) is 4.07. The van der Waals surface area contributed by atoms with Gasteiger partial charge in [-0.3, -0.25) is 0 Å². The summed E-state index contributed by atoms with van der Waals surface area (Å²) in [6.45, 7) is 6.05. The van der Waals surface area contributed by atoms with Gasteiger partial charge in [0.1, 0.15) is 5.75 Å². The summed E-state index contributed by atoms with van der Waals surface area (Å²) in [5, 5.41) is 9.73. The third kappa shape index (κ3) is 2.21. The van der Waals surface area contributed by atoms with Gasteiger partial charge in [0, 0.05) is 5.56 Å². The Morgan fingerprint density at radius 3 is 2.73 bits per heavy atom. The zero-order valence-corrected chi connectivity index (χ0v) is 8.94. The SMILES string of the molecule is C=C1C[C@@H](C)O[C@H](c2ccccc2O)C1. The number of rotatable bonds is 1. The van der Waals surface area contributed by atoms with Crippen molar-refractivity contribution in [1.82, 2.24) is 0 Å². The normalized spacial score (nSPS) is 26.6. The van der Waals surface area contributed by atoms with Crippen LogP contribution in [-0.2, 0) is 4.74 Å². The van der Waals surface area contributed by atoms with Gasteiger partial charge >= 0.3 is 0 Å². The predicted octanol–water partition coefficient (Wildman–Crippen LogP) is 3.19. The Bertz CT molecular complexity index is 371. The van der Waals surface area contributed by atoms with Crippen LogP contribution in [-0.4, -0.2) is 11.2 Å². The lowest BCUT2D eigenvalue weighted by Gasteiger charge is -2.30. The van der Waals surface area contributed by atoms with Gasteiger partial charge in [0.25, 0.3) is 0 Å². The van der Waals surface area contributed by atoms with Crippen LogP contribution in [0.5, 0.6) is 5.75 Å². The first-order valence-corrected chi connectivity index (χ1v) is 5.27. The first-order valence-electron chi connectivity index (χ1n) is 5.27. The fraction of sp³-hybridized carbons (Fsp3) is 0.385. The number of benzene rings is 1. The molecule has 15 heavy (non-hydrogen) atoms. The van der Waals surface area contributed by atoms with Crippen LogP contribution < -0.4 is 0 Å². The summed E-state index contributed by atoms with van der Waals surface area (Å²) in [4.78, 5) is 0. The van der Waals surface area contributed by atoms with Crippen molar-refractivity contribution in [2.75, 3.05) is 0 Å². The Labute approximate surface area is 90.2 Å². The second-order valence-corrected chi connectivity index (χ2v) is 4.15. The zero-order valence-electron chi connectivity index (χ0n) is 8.94. The summed E-state index contributed by atoms with van der Waals surface area (Å²) in [7, 11) is 0. The third-order valence-electron chi connectivity index (χ3n) is 2.73. The molecule has 1 aromatic carbocycles. The lowest BCUT2D eigenvalue weighted by Crippen LogP contribution is -2.20. The maximum absolute atomic E-state index is 9.73. The van der Waals surface area contributed by atoms with Crippen LogP contribution in [0.3, 0.4) is 0 Å². The molecule has 0 saturated carbocycles. The van der Waals surface area contributed by atoms with Gasteiger partial charge in [0.15, 0.2) is 0 Å². The molecule has 0 spiro atoms.